The number of amides is 8. The fourth-order valence-electron chi connectivity index (χ4n) is 5.51. The molecular formula is C35H51N9O10. The summed E-state index contributed by atoms with van der Waals surface area (Å²) in [6.45, 7) is 7.58. The number of nitrogens with two attached hydrogens (primary N) is 2. The number of aromatic nitrogens is 1. The molecule has 8 amide bonds. The van der Waals surface area contributed by atoms with Gasteiger partial charge in [0.1, 0.15) is 30.2 Å². The zero-order valence-electron chi connectivity index (χ0n) is 30.9. The number of hydrogen-bond donors (Lipinski definition) is 10. The van der Waals surface area contributed by atoms with Gasteiger partial charge in [0.15, 0.2) is 0 Å². The van der Waals surface area contributed by atoms with Crippen molar-refractivity contribution in [2.75, 3.05) is 6.54 Å². The molecule has 0 aliphatic heterocycles. The van der Waals surface area contributed by atoms with Crippen LogP contribution in [0.4, 0.5) is 0 Å². The van der Waals surface area contributed by atoms with E-state index >= 15 is 0 Å². The molecule has 0 aliphatic rings. The lowest BCUT2D eigenvalue weighted by Gasteiger charge is -2.27. The van der Waals surface area contributed by atoms with Crippen LogP contribution in [0.3, 0.4) is 0 Å². The molecule has 2 rings (SSSR count). The Morgan fingerprint density at radius 1 is 0.722 bits per heavy atom. The van der Waals surface area contributed by atoms with Gasteiger partial charge in [0, 0.05) is 36.9 Å². The molecule has 0 radical (unpaired) electrons. The number of carboxylic acid groups (broad SMARTS) is 1. The van der Waals surface area contributed by atoms with Crippen LogP contribution in [0.5, 0.6) is 0 Å². The highest BCUT2D eigenvalue weighted by Crippen LogP contribution is 2.20. The second-order valence-electron chi connectivity index (χ2n) is 13.6. The van der Waals surface area contributed by atoms with Crippen LogP contribution >= 0.6 is 0 Å². The molecule has 19 heteroatoms. The van der Waals surface area contributed by atoms with Gasteiger partial charge < -0.3 is 53.5 Å². The van der Waals surface area contributed by atoms with Crippen LogP contribution in [0.25, 0.3) is 10.9 Å². The van der Waals surface area contributed by atoms with Gasteiger partial charge in [-0.05, 0) is 36.3 Å². The molecule has 1 aromatic carbocycles. The van der Waals surface area contributed by atoms with Crippen molar-refractivity contribution in [2.45, 2.75) is 96.9 Å². The second kappa shape index (κ2) is 20.9. The molecule has 0 saturated heterocycles. The molecule has 0 unspecified atom stereocenters. The number of aromatic amines is 1. The smallest absolute Gasteiger partial charge is 0.305 e. The Bertz CT molecular complexity index is 1710. The van der Waals surface area contributed by atoms with Crippen LogP contribution in [-0.2, 0) is 49.6 Å². The summed E-state index contributed by atoms with van der Waals surface area (Å²) >= 11 is 0. The molecule has 1 heterocycles. The molecule has 12 N–H and O–H groups in total. The monoisotopic (exact) mass is 757 g/mol. The molecular weight excluding hydrogens is 706 g/mol. The molecule has 0 saturated carbocycles. The lowest BCUT2D eigenvalue weighted by Crippen LogP contribution is -2.60. The molecule has 296 valence electrons. The van der Waals surface area contributed by atoms with Crippen molar-refractivity contribution < 1.29 is 48.3 Å². The highest BCUT2D eigenvalue weighted by Gasteiger charge is 2.34. The van der Waals surface area contributed by atoms with Gasteiger partial charge in [0.25, 0.3) is 0 Å². The number of hydrogen-bond acceptors (Lipinski definition) is 9. The van der Waals surface area contributed by atoms with E-state index < -0.39 is 109 Å². The SMILES string of the molecule is CC(=O)N[C@@H](CC(C)C)C(=O)N[C@@H](CC(=O)O)C(=O)N[C@@H](CCC(N)=O)C(=O)N[C@@H](Cc1c[nH]c2ccccc12)C(=O)N[C@H](C(=O)NCC(N)=O)C(C)C. The van der Waals surface area contributed by atoms with Gasteiger partial charge in [-0.25, -0.2) is 0 Å². The van der Waals surface area contributed by atoms with Gasteiger partial charge in [-0.3, -0.25) is 43.2 Å². The summed E-state index contributed by atoms with van der Waals surface area (Å²) in [6, 6.07) is 0.204. The van der Waals surface area contributed by atoms with Crippen LogP contribution in [0.2, 0.25) is 0 Å². The van der Waals surface area contributed by atoms with E-state index in [-0.39, 0.29) is 25.2 Å². The summed E-state index contributed by atoms with van der Waals surface area (Å²) in [6.07, 6.45) is -0.0211. The fraction of sp³-hybridized carbons (Fsp3) is 0.514. The highest BCUT2D eigenvalue weighted by atomic mass is 16.4. The zero-order valence-corrected chi connectivity index (χ0v) is 30.9. The van der Waals surface area contributed by atoms with Gasteiger partial charge in [0.2, 0.25) is 47.3 Å². The van der Waals surface area contributed by atoms with Crippen molar-refractivity contribution >= 4 is 64.1 Å². The maximum absolute atomic E-state index is 13.9. The zero-order chi connectivity index (χ0) is 40.7. The highest BCUT2D eigenvalue weighted by molar-refractivity contribution is 5.98. The Balaban J connectivity index is 2.45. The summed E-state index contributed by atoms with van der Waals surface area (Å²) in [5.41, 5.74) is 11.8. The predicted octanol–water partition coefficient (Wildman–Crippen LogP) is -1.80. The van der Waals surface area contributed by atoms with E-state index in [2.05, 4.69) is 36.9 Å². The minimum atomic E-state index is -1.72. The Hall–Kier alpha value is -6.01. The predicted molar refractivity (Wildman–Crippen MR) is 195 cm³/mol. The first-order valence-electron chi connectivity index (χ1n) is 17.4. The third-order valence-electron chi connectivity index (χ3n) is 8.14. The molecule has 2 aromatic rings. The van der Waals surface area contributed by atoms with Gasteiger partial charge in [0.05, 0.1) is 13.0 Å². The second-order valence-corrected chi connectivity index (χ2v) is 13.6. The summed E-state index contributed by atoms with van der Waals surface area (Å²) in [5.74, 6) is -8.64. The molecule has 19 nitrogen and oxygen atoms in total. The van der Waals surface area contributed by atoms with Crippen LogP contribution in [0.15, 0.2) is 30.5 Å². The third kappa shape index (κ3) is 14.5. The Kier molecular flexibility index (Phi) is 17.1. The fourth-order valence-corrected chi connectivity index (χ4v) is 5.51. The largest absolute Gasteiger partial charge is 0.481 e. The van der Waals surface area contributed by atoms with E-state index in [1.807, 2.05) is 0 Å². The molecule has 54 heavy (non-hydrogen) atoms. The van der Waals surface area contributed by atoms with E-state index in [4.69, 9.17) is 11.5 Å². The Morgan fingerprint density at radius 2 is 1.30 bits per heavy atom. The van der Waals surface area contributed by atoms with Crippen LogP contribution in [-0.4, -0.2) is 100 Å². The molecule has 0 aliphatic carbocycles. The van der Waals surface area contributed by atoms with Crippen molar-refractivity contribution in [1.82, 2.24) is 36.9 Å². The first-order valence-corrected chi connectivity index (χ1v) is 17.4. The van der Waals surface area contributed by atoms with Crippen molar-refractivity contribution in [2.24, 2.45) is 23.3 Å². The van der Waals surface area contributed by atoms with Crippen molar-refractivity contribution in [3.63, 3.8) is 0 Å². The van der Waals surface area contributed by atoms with E-state index in [1.165, 1.54) is 6.92 Å². The number of fused-ring (bicyclic) bond motifs is 1. The van der Waals surface area contributed by atoms with Crippen molar-refractivity contribution in [3.05, 3.63) is 36.0 Å². The van der Waals surface area contributed by atoms with Gasteiger partial charge in [-0.2, -0.15) is 0 Å². The van der Waals surface area contributed by atoms with Gasteiger partial charge >= 0.3 is 5.97 Å². The molecule has 0 bridgehead atoms. The summed E-state index contributed by atoms with van der Waals surface area (Å²) in [4.78, 5) is 117. The average molecular weight is 758 g/mol. The first-order chi connectivity index (χ1) is 25.3. The van der Waals surface area contributed by atoms with Crippen molar-refractivity contribution in [3.8, 4) is 0 Å². The lowest BCUT2D eigenvalue weighted by molar-refractivity contribution is -0.141. The topological polar surface area (TPSA) is 314 Å². The van der Waals surface area contributed by atoms with Crippen LogP contribution in [0.1, 0.15) is 65.9 Å². The third-order valence-corrected chi connectivity index (χ3v) is 8.14. The first kappa shape index (κ1) is 44.2. The summed E-state index contributed by atoms with van der Waals surface area (Å²) in [5, 5.41) is 25.0. The number of carbonyl (C=O) groups excluding carboxylic acids is 8. The molecule has 5 atom stereocenters. The molecule has 1 aromatic heterocycles. The minimum absolute atomic E-state index is 0.0732. The van der Waals surface area contributed by atoms with Crippen LogP contribution in [0, 0.1) is 11.8 Å². The molecule has 0 fully saturated rings. The maximum atomic E-state index is 13.9. The number of aliphatic carboxylic acids is 1. The maximum Gasteiger partial charge on any atom is 0.305 e. The number of rotatable bonds is 22. The minimum Gasteiger partial charge on any atom is -0.481 e. The van der Waals surface area contributed by atoms with Gasteiger partial charge in [-0.1, -0.05) is 45.9 Å². The lowest BCUT2D eigenvalue weighted by atomic mass is 10.00. The Labute approximate surface area is 311 Å². The van der Waals surface area contributed by atoms with Gasteiger partial charge in [-0.15, -0.1) is 0 Å². The van der Waals surface area contributed by atoms with Crippen LogP contribution < -0.4 is 43.4 Å². The summed E-state index contributed by atoms with van der Waals surface area (Å²) in [7, 11) is 0. The van der Waals surface area contributed by atoms with E-state index in [1.54, 1.807) is 58.2 Å². The standard InChI is InChI=1S/C35H51N9O10/c1-17(2)12-24(40-19(5)45)32(51)43-26(14-29(48)49)33(52)41-23(10-11-27(36)46)31(50)42-25(13-20-15-38-22-9-7-6-8-21(20)22)34(53)44-30(18(3)4)35(54)39-16-28(37)47/h6-9,15,17-18,23-26,30,38H,10-14,16H2,1-5H3,(H2,36,46)(H2,37,47)(H,39,54)(H,40,45)(H,41,52)(H,42,50)(H,43,51)(H,44,53)(H,48,49)/t23-,24-,25-,26-,30-/m0/s1. The number of benzene rings is 1. The quantitative estimate of drug-likeness (QED) is 0.0642. The van der Waals surface area contributed by atoms with E-state index in [0.29, 0.717) is 5.56 Å². The normalized spacial score (nSPS) is 13.8. The molecule has 0 spiro atoms. The number of H-pyrrole nitrogens is 1. The number of carbonyl (C=O) groups is 9. The number of nitrogens with one attached hydrogen (secondary N) is 7. The number of carboxylic acids is 1. The Morgan fingerprint density at radius 3 is 1.87 bits per heavy atom. The number of primary amides is 2. The van der Waals surface area contributed by atoms with Crippen molar-refractivity contribution in [1.29, 1.82) is 0 Å². The summed E-state index contributed by atoms with van der Waals surface area (Å²) < 4.78 is 0. The number of para-hydroxylation sites is 1. The average Bonchev–Trinajstić information content (AvgIpc) is 3.48. The van der Waals surface area contributed by atoms with E-state index in [9.17, 15) is 48.3 Å². The van der Waals surface area contributed by atoms with E-state index in [0.717, 1.165) is 10.9 Å².